The Labute approximate surface area is 121 Å². The number of hydrazine groups is 1. The first-order chi connectivity index (χ1) is 9.50. The fourth-order valence-electron chi connectivity index (χ4n) is 2.31. The van der Waals surface area contributed by atoms with Crippen LogP contribution in [0.3, 0.4) is 0 Å². The number of nitrogens with two attached hydrogens (primary N) is 1. The summed E-state index contributed by atoms with van der Waals surface area (Å²) < 4.78 is 0. The van der Waals surface area contributed by atoms with Crippen LogP contribution in [0.1, 0.15) is 12.8 Å². The van der Waals surface area contributed by atoms with Gasteiger partial charge >= 0.3 is 6.09 Å². The number of carbonyl (C=O) groups excluding carboxylic acids is 1. The Morgan fingerprint density at radius 3 is 2.75 bits per heavy atom. The zero-order valence-electron chi connectivity index (χ0n) is 10.8. The van der Waals surface area contributed by atoms with Crippen molar-refractivity contribution in [2.75, 3.05) is 18.1 Å². The predicted molar refractivity (Wildman–Crippen MR) is 75.4 cm³/mol. The van der Waals surface area contributed by atoms with Gasteiger partial charge < -0.3 is 10.0 Å². The lowest BCUT2D eigenvalue weighted by molar-refractivity contribution is -0.123. The summed E-state index contributed by atoms with van der Waals surface area (Å²) in [6.45, 7) is 0.627. The molecule has 1 saturated heterocycles. The van der Waals surface area contributed by atoms with Gasteiger partial charge in [0.25, 0.3) is 0 Å². The average molecular weight is 298 g/mol. The first kappa shape index (κ1) is 14.6. The maximum atomic E-state index is 12.3. The second-order valence-corrected chi connectivity index (χ2v) is 5.13. The maximum Gasteiger partial charge on any atom is 0.407 e. The molecule has 1 aromatic carbocycles. The van der Waals surface area contributed by atoms with E-state index in [1.807, 2.05) is 0 Å². The van der Waals surface area contributed by atoms with E-state index >= 15 is 0 Å². The number of para-hydroxylation sites is 1. The van der Waals surface area contributed by atoms with E-state index in [4.69, 9.17) is 22.6 Å². The zero-order valence-corrected chi connectivity index (χ0v) is 11.6. The van der Waals surface area contributed by atoms with Crippen LogP contribution in [0, 0.1) is 5.92 Å². The number of nitrogens with zero attached hydrogens (tertiary/aromatic N) is 2. The number of carbonyl (C=O) groups is 2. The van der Waals surface area contributed by atoms with E-state index in [-0.39, 0.29) is 12.5 Å². The van der Waals surface area contributed by atoms with Crippen LogP contribution >= 0.6 is 11.6 Å². The number of amides is 2. The number of anilines is 1. The smallest absolute Gasteiger partial charge is 0.407 e. The fourth-order valence-corrected chi connectivity index (χ4v) is 2.54. The van der Waals surface area contributed by atoms with E-state index < -0.39 is 12.0 Å². The Bertz CT molecular complexity index is 523. The standard InChI is InChI=1S/C13H16ClN3O3/c14-10-5-1-2-6-11(10)17(15)12(18)9-4-3-7-16(8-9)13(19)20/h1-2,5-6,9H,3-4,7-8,15H2,(H,19,20). The van der Waals surface area contributed by atoms with Gasteiger partial charge in [0.05, 0.1) is 16.6 Å². The molecule has 20 heavy (non-hydrogen) atoms. The molecule has 1 fully saturated rings. The molecular weight excluding hydrogens is 282 g/mol. The van der Waals surface area contributed by atoms with Crippen molar-refractivity contribution in [2.45, 2.75) is 12.8 Å². The number of hydrogen-bond acceptors (Lipinski definition) is 3. The second kappa shape index (κ2) is 6.11. The molecule has 1 heterocycles. The SMILES string of the molecule is NN(C(=O)C1CCCN(C(=O)O)C1)c1ccccc1Cl. The second-order valence-electron chi connectivity index (χ2n) is 4.73. The van der Waals surface area contributed by atoms with Gasteiger partial charge in [0.2, 0.25) is 5.91 Å². The molecule has 0 aromatic heterocycles. The van der Waals surface area contributed by atoms with Crippen LogP contribution in [0.2, 0.25) is 5.02 Å². The molecule has 1 unspecified atom stereocenters. The maximum absolute atomic E-state index is 12.3. The summed E-state index contributed by atoms with van der Waals surface area (Å²) in [5.41, 5.74) is 0.423. The summed E-state index contributed by atoms with van der Waals surface area (Å²) in [6, 6.07) is 6.78. The topological polar surface area (TPSA) is 86.9 Å². The van der Waals surface area contributed by atoms with E-state index in [0.717, 1.165) is 5.01 Å². The van der Waals surface area contributed by atoms with E-state index in [9.17, 15) is 9.59 Å². The van der Waals surface area contributed by atoms with E-state index in [1.54, 1.807) is 24.3 Å². The van der Waals surface area contributed by atoms with Crippen molar-refractivity contribution in [1.29, 1.82) is 0 Å². The minimum absolute atomic E-state index is 0.173. The van der Waals surface area contributed by atoms with Crippen LogP contribution in [0.15, 0.2) is 24.3 Å². The van der Waals surface area contributed by atoms with Crippen LogP contribution in [-0.4, -0.2) is 35.1 Å². The lowest BCUT2D eigenvalue weighted by atomic mass is 9.97. The molecule has 2 amide bonds. The van der Waals surface area contributed by atoms with E-state index in [2.05, 4.69) is 0 Å². The van der Waals surface area contributed by atoms with Gasteiger partial charge in [-0.1, -0.05) is 23.7 Å². The Kier molecular flexibility index (Phi) is 4.46. The molecular formula is C13H16ClN3O3. The molecule has 0 radical (unpaired) electrons. The van der Waals surface area contributed by atoms with Crippen molar-refractivity contribution in [3.63, 3.8) is 0 Å². The number of halogens is 1. The number of benzene rings is 1. The highest BCUT2D eigenvalue weighted by Crippen LogP contribution is 2.26. The third-order valence-corrected chi connectivity index (χ3v) is 3.71. The van der Waals surface area contributed by atoms with Gasteiger partial charge in [-0.25, -0.2) is 15.6 Å². The van der Waals surface area contributed by atoms with E-state index in [0.29, 0.717) is 30.1 Å². The monoisotopic (exact) mass is 297 g/mol. The number of carboxylic acid groups (broad SMARTS) is 1. The van der Waals surface area contributed by atoms with Crippen LogP contribution < -0.4 is 10.9 Å². The summed E-state index contributed by atoms with van der Waals surface area (Å²) in [4.78, 5) is 24.5. The van der Waals surface area contributed by atoms with Crippen LogP contribution in [0.4, 0.5) is 10.5 Å². The minimum Gasteiger partial charge on any atom is -0.465 e. The number of rotatable bonds is 2. The zero-order chi connectivity index (χ0) is 14.7. The Hall–Kier alpha value is -1.79. The van der Waals surface area contributed by atoms with Gasteiger partial charge in [0, 0.05) is 13.1 Å². The molecule has 1 aliphatic heterocycles. The highest BCUT2D eigenvalue weighted by atomic mass is 35.5. The molecule has 1 aliphatic rings. The minimum atomic E-state index is -1.01. The third-order valence-electron chi connectivity index (χ3n) is 3.39. The molecule has 1 atom stereocenters. The van der Waals surface area contributed by atoms with Crippen molar-refractivity contribution < 1.29 is 14.7 Å². The van der Waals surface area contributed by atoms with Crippen molar-refractivity contribution in [1.82, 2.24) is 4.90 Å². The molecule has 6 nitrogen and oxygen atoms in total. The van der Waals surface area contributed by atoms with E-state index in [1.165, 1.54) is 4.90 Å². The summed E-state index contributed by atoms with van der Waals surface area (Å²) in [5, 5.41) is 10.4. The molecule has 0 bridgehead atoms. The Morgan fingerprint density at radius 2 is 2.10 bits per heavy atom. The van der Waals surface area contributed by atoms with Crippen molar-refractivity contribution in [3.05, 3.63) is 29.3 Å². The molecule has 108 valence electrons. The van der Waals surface area contributed by atoms with Gasteiger partial charge in [-0.2, -0.15) is 0 Å². The highest BCUT2D eigenvalue weighted by Gasteiger charge is 2.31. The molecule has 7 heteroatoms. The largest absolute Gasteiger partial charge is 0.465 e. The summed E-state index contributed by atoms with van der Waals surface area (Å²) >= 11 is 6.00. The van der Waals surface area contributed by atoms with Crippen molar-refractivity contribution in [3.8, 4) is 0 Å². The van der Waals surface area contributed by atoms with Gasteiger partial charge in [-0.3, -0.25) is 4.79 Å². The molecule has 0 aliphatic carbocycles. The third kappa shape index (κ3) is 3.02. The highest BCUT2D eigenvalue weighted by molar-refractivity contribution is 6.33. The number of likely N-dealkylation sites (tertiary alicyclic amines) is 1. The molecule has 3 N–H and O–H groups in total. The van der Waals surface area contributed by atoms with Crippen molar-refractivity contribution in [2.24, 2.45) is 11.8 Å². The first-order valence-electron chi connectivity index (χ1n) is 6.31. The Balaban J connectivity index is 2.11. The lowest BCUT2D eigenvalue weighted by Crippen LogP contribution is -2.49. The van der Waals surface area contributed by atoms with Gasteiger partial charge in [-0.15, -0.1) is 0 Å². The molecule has 1 aromatic rings. The Morgan fingerprint density at radius 1 is 1.40 bits per heavy atom. The number of hydrogen-bond donors (Lipinski definition) is 2. The predicted octanol–water partition coefficient (Wildman–Crippen LogP) is 1.94. The number of piperidine rings is 1. The van der Waals surface area contributed by atoms with Crippen LogP contribution in [0.25, 0.3) is 0 Å². The fraction of sp³-hybridized carbons (Fsp3) is 0.385. The summed E-state index contributed by atoms with van der Waals surface area (Å²) in [7, 11) is 0. The quantitative estimate of drug-likeness (QED) is 0.496. The van der Waals surface area contributed by atoms with Crippen LogP contribution in [-0.2, 0) is 4.79 Å². The van der Waals surface area contributed by atoms with Crippen LogP contribution in [0.5, 0.6) is 0 Å². The first-order valence-corrected chi connectivity index (χ1v) is 6.69. The summed E-state index contributed by atoms with van der Waals surface area (Å²) in [6.07, 6.45) is 0.267. The normalized spacial score (nSPS) is 18.7. The van der Waals surface area contributed by atoms with Crippen molar-refractivity contribution >= 4 is 29.3 Å². The lowest BCUT2D eigenvalue weighted by Gasteiger charge is -2.32. The average Bonchev–Trinajstić information content (AvgIpc) is 2.46. The van der Waals surface area contributed by atoms with Gasteiger partial charge in [-0.05, 0) is 25.0 Å². The van der Waals surface area contributed by atoms with Gasteiger partial charge in [0.15, 0.2) is 0 Å². The summed E-state index contributed by atoms with van der Waals surface area (Å²) in [5.74, 6) is 5.08. The molecule has 0 spiro atoms. The molecule has 0 saturated carbocycles. The molecule has 2 rings (SSSR count). The van der Waals surface area contributed by atoms with Gasteiger partial charge in [0.1, 0.15) is 0 Å².